The van der Waals surface area contributed by atoms with E-state index in [1.165, 1.54) is 22.2 Å². The number of nitrogens with zero attached hydrogens (tertiary/aromatic N) is 1. The summed E-state index contributed by atoms with van der Waals surface area (Å²) in [6, 6.07) is 45.1. The first-order valence-electron chi connectivity index (χ1n) is 12.2. The highest BCUT2D eigenvalue weighted by Crippen LogP contribution is 2.55. The van der Waals surface area contributed by atoms with Crippen molar-refractivity contribution in [1.82, 2.24) is 9.97 Å². The lowest BCUT2D eigenvalue weighted by Gasteiger charge is -2.26. The van der Waals surface area contributed by atoms with Gasteiger partial charge >= 0.3 is 0 Å². The van der Waals surface area contributed by atoms with Crippen LogP contribution in [0.2, 0.25) is 0 Å². The highest BCUT2D eigenvalue weighted by Gasteiger charge is 2.52. The van der Waals surface area contributed by atoms with E-state index in [1.807, 2.05) is 48.5 Å². The SMILES string of the molecule is O=C(Sc1nc(-c2ccccc2)[nH]c1[P+](c1ccccc1)(c1ccccc1)c1ccccc1)c1ccco1. The lowest BCUT2D eigenvalue weighted by molar-refractivity contribution is 0.106. The fraction of sp³-hybridized carbons (Fsp3) is 0. The van der Waals surface area contributed by atoms with Crippen molar-refractivity contribution in [3.05, 3.63) is 145 Å². The van der Waals surface area contributed by atoms with Crippen molar-refractivity contribution in [2.75, 3.05) is 0 Å². The van der Waals surface area contributed by atoms with E-state index in [4.69, 9.17) is 9.40 Å². The molecule has 0 saturated carbocycles. The van der Waals surface area contributed by atoms with Crippen LogP contribution >= 0.6 is 19.0 Å². The molecule has 4 aromatic carbocycles. The Balaban J connectivity index is 1.68. The average molecular weight is 532 g/mol. The van der Waals surface area contributed by atoms with Crippen molar-refractivity contribution in [2.24, 2.45) is 0 Å². The fourth-order valence-corrected chi connectivity index (χ4v) is 10.1. The Hall–Kier alpha value is -4.18. The summed E-state index contributed by atoms with van der Waals surface area (Å²) in [4.78, 5) is 22.1. The number of benzene rings is 4. The maximum absolute atomic E-state index is 13.3. The van der Waals surface area contributed by atoms with Crippen LogP contribution in [0, 0.1) is 0 Å². The second kappa shape index (κ2) is 10.7. The van der Waals surface area contributed by atoms with E-state index >= 15 is 0 Å². The van der Waals surface area contributed by atoms with E-state index in [2.05, 4.69) is 77.8 Å². The highest BCUT2D eigenvalue weighted by molar-refractivity contribution is 8.15. The zero-order chi connectivity index (χ0) is 25.8. The number of carbonyl (C=O) groups excluding carboxylic acids is 1. The number of rotatable bonds is 7. The normalized spacial score (nSPS) is 11.4. The summed E-state index contributed by atoms with van der Waals surface area (Å²) in [6.45, 7) is 0. The first-order valence-corrected chi connectivity index (χ1v) is 14.8. The minimum Gasteiger partial charge on any atom is -0.460 e. The van der Waals surface area contributed by atoms with E-state index in [-0.39, 0.29) is 5.12 Å². The summed E-state index contributed by atoms with van der Waals surface area (Å²) in [5.41, 5.74) is 1.89. The van der Waals surface area contributed by atoms with Gasteiger partial charge in [-0.2, -0.15) is 0 Å². The molecule has 0 atom stereocenters. The maximum Gasteiger partial charge on any atom is 0.260 e. The molecule has 0 saturated heterocycles. The number of H-pyrrole nitrogens is 1. The number of hydrogen-bond donors (Lipinski definition) is 1. The Morgan fingerprint density at radius 3 is 1.63 bits per heavy atom. The van der Waals surface area contributed by atoms with Crippen LogP contribution in [0.25, 0.3) is 11.4 Å². The highest BCUT2D eigenvalue weighted by atomic mass is 32.2. The summed E-state index contributed by atoms with van der Waals surface area (Å²) in [6.07, 6.45) is 1.52. The third kappa shape index (κ3) is 4.41. The molecule has 0 aliphatic heterocycles. The number of hydrogen-bond acceptors (Lipinski definition) is 4. The van der Waals surface area contributed by atoms with Crippen LogP contribution in [-0.4, -0.2) is 15.1 Å². The van der Waals surface area contributed by atoms with Gasteiger partial charge < -0.3 is 9.40 Å². The van der Waals surface area contributed by atoms with Crippen LogP contribution < -0.4 is 21.3 Å². The van der Waals surface area contributed by atoms with Crippen LogP contribution in [0.4, 0.5) is 0 Å². The molecule has 184 valence electrons. The van der Waals surface area contributed by atoms with Gasteiger partial charge in [0.15, 0.2) is 18.0 Å². The van der Waals surface area contributed by atoms with Gasteiger partial charge in [-0.15, -0.1) is 0 Å². The van der Waals surface area contributed by atoms with Gasteiger partial charge in [0.05, 0.1) is 6.26 Å². The standard InChI is InChI=1S/C32H24N2O2PS/c35-32(28-22-13-23-36-28)38-31-30(33-29(34-31)24-14-5-1-6-15-24)37(25-16-7-2-8-17-25,26-18-9-3-10-19-26)27-20-11-4-12-21-27/h1-23H,(H,33,34)/q+1. The van der Waals surface area contributed by atoms with Crippen molar-refractivity contribution < 1.29 is 9.21 Å². The number of nitrogens with one attached hydrogen (secondary N) is 1. The van der Waals surface area contributed by atoms with Crippen LogP contribution in [0.5, 0.6) is 0 Å². The van der Waals surface area contributed by atoms with Crippen LogP contribution in [0.3, 0.4) is 0 Å². The lowest BCUT2D eigenvalue weighted by Crippen LogP contribution is -2.40. The maximum atomic E-state index is 13.3. The smallest absolute Gasteiger partial charge is 0.260 e. The molecule has 0 aliphatic carbocycles. The van der Waals surface area contributed by atoms with Crippen molar-refractivity contribution in [3.8, 4) is 11.4 Å². The van der Waals surface area contributed by atoms with Gasteiger partial charge in [0.1, 0.15) is 21.7 Å². The summed E-state index contributed by atoms with van der Waals surface area (Å²) < 4.78 is 5.44. The zero-order valence-corrected chi connectivity index (χ0v) is 22.1. The molecule has 38 heavy (non-hydrogen) atoms. The summed E-state index contributed by atoms with van der Waals surface area (Å²) in [7, 11) is -2.50. The molecule has 4 nitrogen and oxygen atoms in total. The third-order valence-electron chi connectivity index (χ3n) is 6.38. The van der Waals surface area contributed by atoms with Crippen molar-refractivity contribution in [1.29, 1.82) is 0 Å². The summed E-state index contributed by atoms with van der Waals surface area (Å²) in [5.74, 6) is 1.02. The molecule has 2 heterocycles. The number of carbonyl (C=O) groups is 1. The van der Waals surface area contributed by atoms with E-state index in [1.54, 1.807) is 12.1 Å². The predicted octanol–water partition coefficient (Wildman–Crippen LogP) is 6.22. The monoisotopic (exact) mass is 531 g/mol. The van der Waals surface area contributed by atoms with Gasteiger partial charge in [-0.05, 0) is 60.3 Å². The predicted molar refractivity (Wildman–Crippen MR) is 158 cm³/mol. The van der Waals surface area contributed by atoms with Crippen molar-refractivity contribution in [2.45, 2.75) is 5.03 Å². The molecular formula is C32H24N2O2PS+. The molecule has 0 bridgehead atoms. The summed E-state index contributed by atoms with van der Waals surface area (Å²) >= 11 is 1.11. The Morgan fingerprint density at radius 1 is 0.658 bits per heavy atom. The molecule has 0 spiro atoms. The number of thioether (sulfide) groups is 1. The Bertz CT molecular complexity index is 1540. The number of furan rings is 1. The van der Waals surface area contributed by atoms with Gasteiger partial charge in [-0.1, -0.05) is 84.9 Å². The van der Waals surface area contributed by atoms with Gasteiger partial charge in [0, 0.05) is 5.56 Å². The minimum atomic E-state index is -2.50. The van der Waals surface area contributed by atoms with Gasteiger partial charge in [-0.25, -0.2) is 4.98 Å². The van der Waals surface area contributed by atoms with Crippen molar-refractivity contribution >= 4 is 45.5 Å². The number of imidazole rings is 1. The molecule has 2 aromatic heterocycles. The van der Waals surface area contributed by atoms with Gasteiger partial charge in [0.25, 0.3) is 5.12 Å². The molecule has 0 unspecified atom stereocenters. The molecule has 6 heteroatoms. The third-order valence-corrected chi connectivity index (χ3v) is 11.6. The Labute approximate surface area is 226 Å². The largest absolute Gasteiger partial charge is 0.460 e. The molecule has 1 N–H and O–H groups in total. The quantitative estimate of drug-likeness (QED) is 0.196. The van der Waals surface area contributed by atoms with Crippen LogP contribution in [-0.2, 0) is 0 Å². The van der Waals surface area contributed by atoms with E-state index < -0.39 is 7.26 Å². The number of aromatic nitrogens is 2. The fourth-order valence-electron chi connectivity index (χ4n) is 4.70. The van der Waals surface area contributed by atoms with Crippen LogP contribution in [0.1, 0.15) is 10.6 Å². The average Bonchev–Trinajstić information content (AvgIpc) is 3.67. The second-order valence-corrected chi connectivity index (χ2v) is 12.9. The minimum absolute atomic E-state index is 0.186. The topological polar surface area (TPSA) is 58.9 Å². The molecular weight excluding hydrogens is 507 g/mol. The van der Waals surface area contributed by atoms with E-state index in [0.717, 1.165) is 28.6 Å². The molecule has 0 radical (unpaired) electrons. The van der Waals surface area contributed by atoms with Crippen molar-refractivity contribution in [3.63, 3.8) is 0 Å². The first-order chi connectivity index (χ1) is 18.8. The van der Waals surface area contributed by atoms with E-state index in [9.17, 15) is 4.79 Å². The van der Waals surface area contributed by atoms with Gasteiger partial charge in [0.2, 0.25) is 5.44 Å². The zero-order valence-electron chi connectivity index (χ0n) is 20.4. The van der Waals surface area contributed by atoms with Crippen LogP contribution in [0.15, 0.2) is 149 Å². The molecule has 0 fully saturated rings. The molecule has 6 rings (SSSR count). The summed E-state index contributed by atoms with van der Waals surface area (Å²) in [5, 5.41) is 3.98. The molecule has 0 amide bonds. The Morgan fingerprint density at radius 2 is 1.16 bits per heavy atom. The molecule has 0 aliphatic rings. The Kier molecular flexibility index (Phi) is 6.78. The lowest BCUT2D eigenvalue weighted by atomic mass is 10.2. The second-order valence-electron chi connectivity index (χ2n) is 8.65. The number of aromatic amines is 1. The van der Waals surface area contributed by atoms with Gasteiger partial charge in [-0.3, -0.25) is 4.79 Å². The first kappa shape index (κ1) is 24.2. The molecule has 6 aromatic rings. The van der Waals surface area contributed by atoms with E-state index in [0.29, 0.717) is 10.8 Å².